The number of anilines is 1. The first-order valence-electron chi connectivity index (χ1n) is 9.06. The SMILES string of the molecule is C=C/C(=C\SC)c1ccc2c(c1)OCCC2CNc1cnccc1C(=O)OC. The van der Waals surface area contributed by atoms with Crippen molar-refractivity contribution in [3.63, 3.8) is 0 Å². The van der Waals surface area contributed by atoms with E-state index in [0.717, 1.165) is 23.3 Å². The highest BCUT2D eigenvalue weighted by molar-refractivity contribution is 8.01. The number of benzene rings is 1. The summed E-state index contributed by atoms with van der Waals surface area (Å²) in [5, 5.41) is 5.43. The molecule has 28 heavy (non-hydrogen) atoms. The number of pyridine rings is 1. The van der Waals surface area contributed by atoms with Crippen LogP contribution in [0.4, 0.5) is 5.69 Å². The number of hydrogen-bond donors (Lipinski definition) is 1. The minimum absolute atomic E-state index is 0.278. The normalized spacial score (nSPS) is 15.9. The zero-order valence-corrected chi connectivity index (χ0v) is 16.9. The van der Waals surface area contributed by atoms with Gasteiger partial charge < -0.3 is 14.8 Å². The molecule has 6 heteroatoms. The molecule has 1 aromatic heterocycles. The Morgan fingerprint density at radius 2 is 2.32 bits per heavy atom. The van der Waals surface area contributed by atoms with Crippen molar-refractivity contribution in [2.24, 2.45) is 0 Å². The first-order valence-corrected chi connectivity index (χ1v) is 10.4. The van der Waals surface area contributed by atoms with Crippen LogP contribution in [0.5, 0.6) is 5.75 Å². The Hall–Kier alpha value is -2.73. The maximum absolute atomic E-state index is 11.9. The monoisotopic (exact) mass is 396 g/mol. The van der Waals surface area contributed by atoms with Gasteiger partial charge >= 0.3 is 5.97 Å². The van der Waals surface area contributed by atoms with E-state index in [1.807, 2.05) is 12.3 Å². The summed E-state index contributed by atoms with van der Waals surface area (Å²) in [5.41, 5.74) is 4.50. The summed E-state index contributed by atoms with van der Waals surface area (Å²) >= 11 is 1.65. The van der Waals surface area contributed by atoms with Crippen molar-refractivity contribution in [2.45, 2.75) is 12.3 Å². The fourth-order valence-corrected chi connectivity index (χ4v) is 3.76. The van der Waals surface area contributed by atoms with E-state index < -0.39 is 0 Å². The predicted octanol–water partition coefficient (Wildman–Crippen LogP) is 4.74. The Balaban J connectivity index is 1.79. The number of nitrogens with one attached hydrogen (secondary N) is 1. The Labute approximate surface area is 169 Å². The lowest BCUT2D eigenvalue weighted by molar-refractivity contribution is 0.0601. The molecule has 0 amide bonds. The van der Waals surface area contributed by atoms with Crippen LogP contribution in [0.1, 0.15) is 33.8 Å². The highest BCUT2D eigenvalue weighted by atomic mass is 32.2. The summed E-state index contributed by atoms with van der Waals surface area (Å²) in [5.74, 6) is 0.809. The number of aromatic nitrogens is 1. The third-order valence-electron chi connectivity index (χ3n) is 4.74. The number of esters is 1. The number of thioether (sulfide) groups is 1. The van der Waals surface area contributed by atoms with Crippen LogP contribution in [0.3, 0.4) is 0 Å². The second-order valence-electron chi connectivity index (χ2n) is 6.39. The third kappa shape index (κ3) is 4.39. The number of ether oxygens (including phenoxy) is 2. The molecule has 0 saturated carbocycles. The number of rotatable bonds is 7. The minimum Gasteiger partial charge on any atom is -0.493 e. The first-order chi connectivity index (χ1) is 13.7. The smallest absolute Gasteiger partial charge is 0.340 e. The van der Waals surface area contributed by atoms with Gasteiger partial charge in [0.25, 0.3) is 0 Å². The van der Waals surface area contributed by atoms with Gasteiger partial charge in [-0.25, -0.2) is 4.79 Å². The molecule has 0 fully saturated rings. The second-order valence-corrected chi connectivity index (χ2v) is 7.10. The van der Waals surface area contributed by atoms with Crippen LogP contribution in [0, 0.1) is 0 Å². The van der Waals surface area contributed by atoms with Crippen molar-refractivity contribution in [1.29, 1.82) is 0 Å². The lowest BCUT2D eigenvalue weighted by atomic mass is 9.91. The molecule has 2 aromatic rings. The van der Waals surface area contributed by atoms with E-state index in [1.165, 1.54) is 12.7 Å². The van der Waals surface area contributed by atoms with Crippen molar-refractivity contribution in [3.05, 3.63) is 71.4 Å². The van der Waals surface area contributed by atoms with Gasteiger partial charge in [-0.05, 0) is 46.9 Å². The van der Waals surface area contributed by atoms with Crippen molar-refractivity contribution in [3.8, 4) is 5.75 Å². The molecule has 1 atom stereocenters. The molecule has 3 rings (SSSR count). The number of carbonyl (C=O) groups is 1. The fourth-order valence-electron chi connectivity index (χ4n) is 3.27. The summed E-state index contributed by atoms with van der Waals surface area (Å²) < 4.78 is 10.8. The fraction of sp³-hybridized carbons (Fsp3) is 0.273. The van der Waals surface area contributed by atoms with Crippen LogP contribution in [-0.2, 0) is 4.74 Å². The van der Waals surface area contributed by atoms with E-state index in [2.05, 4.69) is 40.5 Å². The van der Waals surface area contributed by atoms with Crippen LogP contribution in [0.25, 0.3) is 5.57 Å². The molecule has 1 N–H and O–H groups in total. The molecule has 1 aromatic carbocycles. The molecule has 1 unspecified atom stereocenters. The summed E-state index contributed by atoms with van der Waals surface area (Å²) in [6, 6.07) is 7.97. The van der Waals surface area contributed by atoms with Crippen LogP contribution < -0.4 is 10.1 Å². The quantitative estimate of drug-likeness (QED) is 0.539. The van der Waals surface area contributed by atoms with Gasteiger partial charge in [-0.3, -0.25) is 4.98 Å². The van der Waals surface area contributed by atoms with E-state index >= 15 is 0 Å². The summed E-state index contributed by atoms with van der Waals surface area (Å²) in [6.07, 6.45) is 8.03. The Morgan fingerprint density at radius 3 is 3.07 bits per heavy atom. The van der Waals surface area contributed by atoms with Crippen molar-refractivity contribution in [2.75, 3.05) is 31.8 Å². The number of hydrogen-bond acceptors (Lipinski definition) is 6. The Morgan fingerprint density at radius 1 is 1.46 bits per heavy atom. The number of carbonyl (C=O) groups excluding carboxylic acids is 1. The van der Waals surface area contributed by atoms with Crippen molar-refractivity contribution in [1.82, 2.24) is 4.98 Å². The molecule has 5 nitrogen and oxygen atoms in total. The third-order valence-corrected chi connectivity index (χ3v) is 5.23. The molecule has 0 bridgehead atoms. The van der Waals surface area contributed by atoms with E-state index in [-0.39, 0.29) is 11.9 Å². The largest absolute Gasteiger partial charge is 0.493 e. The van der Waals surface area contributed by atoms with Crippen molar-refractivity contribution >= 4 is 29.0 Å². The molecule has 1 aliphatic rings. The van der Waals surface area contributed by atoms with Crippen LogP contribution in [0.15, 0.2) is 54.7 Å². The zero-order valence-electron chi connectivity index (χ0n) is 16.1. The van der Waals surface area contributed by atoms with Gasteiger partial charge in [-0.15, -0.1) is 11.8 Å². The average molecular weight is 397 g/mol. The number of allylic oxidation sites excluding steroid dienone is 2. The molecule has 146 valence electrons. The Kier molecular flexibility index (Phi) is 6.76. The zero-order chi connectivity index (χ0) is 19.9. The number of methoxy groups -OCH3 is 1. The molecular formula is C22H24N2O3S. The summed E-state index contributed by atoms with van der Waals surface area (Å²) in [4.78, 5) is 16.1. The molecule has 0 saturated heterocycles. The maximum atomic E-state index is 11.9. The highest BCUT2D eigenvalue weighted by Gasteiger charge is 2.23. The lowest BCUT2D eigenvalue weighted by Crippen LogP contribution is -2.21. The van der Waals surface area contributed by atoms with Gasteiger partial charge in [-0.2, -0.15) is 0 Å². The van der Waals surface area contributed by atoms with Gasteiger partial charge in [0.1, 0.15) is 5.75 Å². The minimum atomic E-state index is -0.376. The van der Waals surface area contributed by atoms with E-state index in [1.54, 1.807) is 30.2 Å². The van der Waals surface area contributed by atoms with Crippen molar-refractivity contribution < 1.29 is 14.3 Å². The first kappa shape index (κ1) is 20.0. The van der Waals surface area contributed by atoms with Gasteiger partial charge in [0, 0.05) is 18.7 Å². The topological polar surface area (TPSA) is 60.5 Å². The molecular weight excluding hydrogens is 372 g/mol. The number of nitrogens with zero attached hydrogens (tertiary/aromatic N) is 1. The molecule has 0 spiro atoms. The highest BCUT2D eigenvalue weighted by Crippen LogP contribution is 2.36. The summed E-state index contributed by atoms with van der Waals surface area (Å²) in [7, 11) is 1.38. The standard InChI is InChI=1S/C22H24N2O3S/c1-4-15(14-28-3)16-5-6-18-17(8-10-27-21(18)11-16)12-24-20-13-23-9-7-19(20)22(25)26-2/h4-7,9,11,13-14,17,24H,1,8,10,12H2,2-3H3/b15-14+. The summed E-state index contributed by atoms with van der Waals surface area (Å²) in [6.45, 7) is 5.24. The second kappa shape index (κ2) is 9.46. The van der Waals surface area contributed by atoms with Crippen LogP contribution in [-0.4, -0.2) is 37.5 Å². The molecule has 2 heterocycles. The van der Waals surface area contributed by atoms with E-state index in [4.69, 9.17) is 9.47 Å². The van der Waals surface area contributed by atoms with Crippen LogP contribution in [0.2, 0.25) is 0 Å². The van der Waals surface area contributed by atoms with Gasteiger partial charge in [0.15, 0.2) is 0 Å². The van der Waals surface area contributed by atoms with Gasteiger partial charge in [0.2, 0.25) is 0 Å². The van der Waals surface area contributed by atoms with Gasteiger partial charge in [-0.1, -0.05) is 24.8 Å². The molecule has 0 radical (unpaired) electrons. The average Bonchev–Trinajstić information content (AvgIpc) is 2.75. The number of fused-ring (bicyclic) bond motifs is 1. The lowest BCUT2D eigenvalue weighted by Gasteiger charge is -2.27. The van der Waals surface area contributed by atoms with Crippen LogP contribution >= 0.6 is 11.8 Å². The maximum Gasteiger partial charge on any atom is 0.340 e. The van der Waals surface area contributed by atoms with E-state index in [0.29, 0.717) is 24.4 Å². The van der Waals surface area contributed by atoms with Gasteiger partial charge in [0.05, 0.1) is 31.2 Å². The van der Waals surface area contributed by atoms with E-state index in [9.17, 15) is 4.79 Å². The predicted molar refractivity (Wildman–Crippen MR) is 115 cm³/mol. The Bertz CT molecular complexity index is 895. The molecule has 1 aliphatic heterocycles. The molecule has 0 aliphatic carbocycles.